The molecule has 0 saturated carbocycles. The average molecular weight is 301 g/mol. The highest BCUT2D eigenvalue weighted by Gasteiger charge is 2.09. The van der Waals surface area contributed by atoms with Gasteiger partial charge in [0, 0.05) is 18.5 Å². The van der Waals surface area contributed by atoms with Crippen LogP contribution in [0.5, 0.6) is 0 Å². The van der Waals surface area contributed by atoms with Crippen molar-refractivity contribution in [1.82, 2.24) is 5.32 Å². The maximum Gasteiger partial charge on any atom is 0.303 e. The Kier molecular flexibility index (Phi) is 6.19. The van der Waals surface area contributed by atoms with E-state index in [0.29, 0.717) is 13.0 Å². The summed E-state index contributed by atoms with van der Waals surface area (Å²) in [6.45, 7) is 0.642. The smallest absolute Gasteiger partial charge is 0.303 e. The van der Waals surface area contributed by atoms with Crippen LogP contribution in [0.25, 0.3) is 6.08 Å². The molecule has 2 N–H and O–H groups in total. The first-order valence-electron chi connectivity index (χ1n) is 7.96. The molecule has 1 amide bonds. The largest absolute Gasteiger partial charge is 0.481 e. The summed E-state index contributed by atoms with van der Waals surface area (Å²) in [4.78, 5) is 22.5. The van der Waals surface area contributed by atoms with Crippen LogP contribution in [0.1, 0.15) is 60.0 Å². The lowest BCUT2D eigenvalue weighted by Gasteiger charge is -2.12. The Morgan fingerprint density at radius 2 is 1.95 bits per heavy atom. The summed E-state index contributed by atoms with van der Waals surface area (Å²) >= 11 is 0. The van der Waals surface area contributed by atoms with Crippen molar-refractivity contribution in [2.45, 2.75) is 44.9 Å². The zero-order valence-corrected chi connectivity index (χ0v) is 12.8. The van der Waals surface area contributed by atoms with Crippen molar-refractivity contribution < 1.29 is 14.7 Å². The van der Waals surface area contributed by atoms with Gasteiger partial charge in [-0.2, -0.15) is 0 Å². The second-order valence-corrected chi connectivity index (χ2v) is 5.67. The summed E-state index contributed by atoms with van der Waals surface area (Å²) in [5.41, 5.74) is 3.17. The van der Waals surface area contributed by atoms with E-state index in [1.165, 1.54) is 11.1 Å². The maximum absolute atomic E-state index is 12.1. The van der Waals surface area contributed by atoms with E-state index in [0.717, 1.165) is 37.7 Å². The van der Waals surface area contributed by atoms with Gasteiger partial charge < -0.3 is 10.4 Å². The molecule has 4 nitrogen and oxygen atoms in total. The van der Waals surface area contributed by atoms with Gasteiger partial charge in [-0.05, 0) is 48.9 Å². The molecule has 0 fully saturated rings. The summed E-state index contributed by atoms with van der Waals surface area (Å²) in [7, 11) is 0. The maximum atomic E-state index is 12.1. The molecule has 22 heavy (non-hydrogen) atoms. The molecule has 1 aliphatic rings. The lowest BCUT2D eigenvalue weighted by atomic mass is 9.95. The van der Waals surface area contributed by atoms with Crippen molar-refractivity contribution in [1.29, 1.82) is 0 Å². The Labute approximate surface area is 131 Å². The zero-order chi connectivity index (χ0) is 15.8. The molecule has 4 heteroatoms. The molecule has 0 radical (unpaired) electrons. The van der Waals surface area contributed by atoms with Crippen LogP contribution in [0.2, 0.25) is 0 Å². The molecule has 0 spiro atoms. The van der Waals surface area contributed by atoms with Crippen molar-refractivity contribution in [3.8, 4) is 0 Å². The van der Waals surface area contributed by atoms with Crippen LogP contribution >= 0.6 is 0 Å². The van der Waals surface area contributed by atoms with E-state index in [-0.39, 0.29) is 12.3 Å². The normalized spacial score (nSPS) is 12.7. The second-order valence-electron chi connectivity index (χ2n) is 5.67. The van der Waals surface area contributed by atoms with Gasteiger partial charge in [-0.15, -0.1) is 0 Å². The Balaban J connectivity index is 1.69. The van der Waals surface area contributed by atoms with Gasteiger partial charge in [0.2, 0.25) is 0 Å². The number of rotatable bonds is 8. The van der Waals surface area contributed by atoms with Crippen molar-refractivity contribution in [3.05, 3.63) is 41.0 Å². The van der Waals surface area contributed by atoms with E-state index in [4.69, 9.17) is 5.11 Å². The number of hydrogen-bond donors (Lipinski definition) is 2. The topological polar surface area (TPSA) is 66.4 Å². The number of benzene rings is 1. The van der Waals surface area contributed by atoms with Crippen molar-refractivity contribution >= 4 is 18.0 Å². The lowest BCUT2D eigenvalue weighted by Crippen LogP contribution is -2.24. The van der Waals surface area contributed by atoms with Gasteiger partial charge in [-0.25, -0.2) is 0 Å². The number of aliphatic carboxylic acids is 1. The molecule has 0 aromatic heterocycles. The number of unbranched alkanes of at least 4 members (excludes halogenated alkanes) is 3. The number of nitrogens with one attached hydrogen (secondary N) is 1. The van der Waals surface area contributed by atoms with Gasteiger partial charge in [0.1, 0.15) is 0 Å². The first kappa shape index (κ1) is 16.3. The summed E-state index contributed by atoms with van der Waals surface area (Å²) in [5.74, 6) is -0.765. The Morgan fingerprint density at radius 1 is 1.14 bits per heavy atom. The van der Waals surface area contributed by atoms with E-state index in [1.54, 1.807) is 0 Å². The van der Waals surface area contributed by atoms with Crippen LogP contribution in [0.15, 0.2) is 24.3 Å². The molecule has 0 atom stereocenters. The van der Waals surface area contributed by atoms with E-state index < -0.39 is 5.97 Å². The first-order valence-corrected chi connectivity index (χ1v) is 7.96. The summed E-state index contributed by atoms with van der Waals surface area (Å²) in [6.07, 6.45) is 9.97. The third-order valence-electron chi connectivity index (χ3n) is 3.89. The van der Waals surface area contributed by atoms with Gasteiger partial charge in [-0.3, -0.25) is 9.59 Å². The number of amides is 1. The number of carboxylic acids is 1. The molecule has 1 aliphatic carbocycles. The molecular weight excluding hydrogens is 278 g/mol. The minimum Gasteiger partial charge on any atom is -0.481 e. The molecule has 0 heterocycles. The second kappa shape index (κ2) is 8.37. The minimum absolute atomic E-state index is 0.0251. The highest BCUT2D eigenvalue weighted by atomic mass is 16.4. The van der Waals surface area contributed by atoms with Crippen LogP contribution in [0.3, 0.4) is 0 Å². The Morgan fingerprint density at radius 3 is 2.77 bits per heavy atom. The summed E-state index contributed by atoms with van der Waals surface area (Å²) < 4.78 is 0. The number of aryl methyl sites for hydroxylation is 1. The molecule has 2 rings (SSSR count). The molecule has 118 valence electrons. The van der Waals surface area contributed by atoms with Gasteiger partial charge in [-0.1, -0.05) is 31.1 Å². The first-order chi connectivity index (χ1) is 10.7. The standard InChI is InChI=1S/C18H23NO3/c20-17(21)9-3-1-2-6-12-19-18(22)16-11-10-14-7-4-5-8-15(14)13-16/h4,7,10-11,13H,1-3,5-6,8-9,12H2,(H,19,22)(H,20,21). The fourth-order valence-corrected chi connectivity index (χ4v) is 2.63. The molecule has 0 bridgehead atoms. The fourth-order valence-electron chi connectivity index (χ4n) is 2.63. The molecule has 0 aliphatic heterocycles. The predicted molar refractivity (Wildman–Crippen MR) is 86.9 cm³/mol. The van der Waals surface area contributed by atoms with E-state index in [2.05, 4.69) is 17.5 Å². The van der Waals surface area contributed by atoms with Crippen LogP contribution in [0.4, 0.5) is 0 Å². The van der Waals surface area contributed by atoms with Crippen LogP contribution in [-0.2, 0) is 11.2 Å². The quantitative estimate of drug-likeness (QED) is 0.723. The fraction of sp³-hybridized carbons (Fsp3) is 0.444. The zero-order valence-electron chi connectivity index (χ0n) is 12.8. The lowest BCUT2D eigenvalue weighted by molar-refractivity contribution is -0.137. The highest BCUT2D eigenvalue weighted by molar-refractivity contribution is 5.94. The van der Waals surface area contributed by atoms with Crippen LogP contribution in [-0.4, -0.2) is 23.5 Å². The van der Waals surface area contributed by atoms with Crippen molar-refractivity contribution in [3.63, 3.8) is 0 Å². The number of hydrogen-bond acceptors (Lipinski definition) is 2. The van der Waals surface area contributed by atoms with Gasteiger partial charge in [0.05, 0.1) is 0 Å². The number of allylic oxidation sites excluding steroid dienone is 1. The number of carboxylic acid groups (broad SMARTS) is 1. The number of fused-ring (bicyclic) bond motifs is 1. The number of carbonyl (C=O) groups is 2. The molecule has 0 unspecified atom stereocenters. The molecular formula is C18H23NO3. The van der Waals surface area contributed by atoms with Crippen LogP contribution in [0, 0.1) is 0 Å². The number of carbonyl (C=O) groups excluding carboxylic acids is 1. The average Bonchev–Trinajstić information content (AvgIpc) is 2.53. The minimum atomic E-state index is -0.740. The Hall–Kier alpha value is -2.10. The van der Waals surface area contributed by atoms with Crippen LogP contribution < -0.4 is 5.32 Å². The Bertz CT molecular complexity index is 563. The van der Waals surface area contributed by atoms with E-state index in [9.17, 15) is 9.59 Å². The molecule has 0 saturated heterocycles. The van der Waals surface area contributed by atoms with Crippen molar-refractivity contribution in [2.75, 3.05) is 6.54 Å². The van der Waals surface area contributed by atoms with Gasteiger partial charge >= 0.3 is 5.97 Å². The summed E-state index contributed by atoms with van der Waals surface area (Å²) in [5, 5.41) is 11.5. The van der Waals surface area contributed by atoms with Gasteiger partial charge in [0.15, 0.2) is 0 Å². The summed E-state index contributed by atoms with van der Waals surface area (Å²) in [6, 6.07) is 5.86. The van der Waals surface area contributed by atoms with E-state index >= 15 is 0 Å². The monoisotopic (exact) mass is 301 g/mol. The SMILES string of the molecule is O=C(O)CCCCCCNC(=O)c1ccc2c(c1)CCC=C2. The predicted octanol–water partition coefficient (Wildman–Crippen LogP) is 3.41. The van der Waals surface area contributed by atoms with Crippen molar-refractivity contribution in [2.24, 2.45) is 0 Å². The molecule has 1 aromatic carbocycles. The van der Waals surface area contributed by atoms with Gasteiger partial charge in [0.25, 0.3) is 5.91 Å². The molecule has 1 aromatic rings. The third kappa shape index (κ3) is 5.02. The highest BCUT2D eigenvalue weighted by Crippen LogP contribution is 2.20. The third-order valence-corrected chi connectivity index (χ3v) is 3.89. The van der Waals surface area contributed by atoms with E-state index in [1.807, 2.05) is 18.2 Å².